The van der Waals surface area contributed by atoms with Crippen LogP contribution in [0.25, 0.3) is 0 Å². The predicted molar refractivity (Wildman–Crippen MR) is 51.2 cm³/mol. The maximum atomic E-state index is 11.1. The van der Waals surface area contributed by atoms with Crippen LogP contribution in [0.4, 0.5) is 0 Å². The summed E-state index contributed by atoms with van der Waals surface area (Å²) in [6, 6.07) is 0. The van der Waals surface area contributed by atoms with Crippen LogP contribution < -0.4 is 0 Å². The second-order valence-corrected chi connectivity index (χ2v) is 2.77. The summed E-state index contributed by atoms with van der Waals surface area (Å²) in [5.41, 5.74) is 0. The molecule has 0 aromatic heterocycles. The van der Waals surface area contributed by atoms with Crippen molar-refractivity contribution < 1.29 is 14.3 Å². The summed E-state index contributed by atoms with van der Waals surface area (Å²) < 4.78 is 9.97. The molecule has 0 bridgehead atoms. The van der Waals surface area contributed by atoms with Crippen molar-refractivity contribution in [2.45, 2.75) is 39.7 Å². The van der Waals surface area contributed by atoms with E-state index in [1.54, 1.807) is 13.0 Å². The highest BCUT2D eigenvalue weighted by molar-refractivity contribution is 5.74. The van der Waals surface area contributed by atoms with E-state index in [0.717, 1.165) is 12.8 Å². The van der Waals surface area contributed by atoms with Crippen molar-refractivity contribution in [3.05, 3.63) is 12.3 Å². The summed E-state index contributed by atoms with van der Waals surface area (Å²) in [6.45, 7) is 6.04. The molecule has 0 fully saturated rings. The minimum absolute atomic E-state index is 0.299. The van der Waals surface area contributed by atoms with Crippen molar-refractivity contribution in [3.63, 3.8) is 0 Å². The van der Waals surface area contributed by atoms with Crippen molar-refractivity contribution >= 4 is 5.97 Å². The average molecular weight is 186 g/mol. The fraction of sp³-hybridized carbons (Fsp3) is 0.700. The number of rotatable bonds is 6. The first-order valence-electron chi connectivity index (χ1n) is 4.65. The van der Waals surface area contributed by atoms with E-state index in [4.69, 9.17) is 9.47 Å². The van der Waals surface area contributed by atoms with Crippen LogP contribution in [0.15, 0.2) is 12.3 Å². The second-order valence-electron chi connectivity index (χ2n) is 2.77. The molecule has 0 spiro atoms. The third-order valence-electron chi connectivity index (χ3n) is 1.49. The lowest BCUT2D eigenvalue weighted by Crippen LogP contribution is -2.21. The number of esters is 1. The van der Waals surface area contributed by atoms with E-state index in [1.807, 2.05) is 13.8 Å². The van der Waals surface area contributed by atoms with Crippen LogP contribution in [-0.2, 0) is 14.3 Å². The summed E-state index contributed by atoms with van der Waals surface area (Å²) in [7, 11) is 0. The largest absolute Gasteiger partial charge is 0.487 e. The van der Waals surface area contributed by atoms with Gasteiger partial charge in [0.2, 0.25) is 0 Å². The molecule has 0 saturated carbocycles. The zero-order valence-corrected chi connectivity index (χ0v) is 8.58. The third kappa shape index (κ3) is 6.20. The quantitative estimate of drug-likeness (QED) is 0.362. The highest BCUT2D eigenvalue weighted by Crippen LogP contribution is 1.97. The molecule has 0 rings (SSSR count). The van der Waals surface area contributed by atoms with E-state index in [-0.39, 0.29) is 5.97 Å². The first-order valence-corrected chi connectivity index (χ1v) is 4.65. The normalized spacial score (nSPS) is 12.8. The van der Waals surface area contributed by atoms with Crippen molar-refractivity contribution in [1.29, 1.82) is 0 Å². The Morgan fingerprint density at radius 1 is 1.54 bits per heavy atom. The molecular formula is C10H18O3. The van der Waals surface area contributed by atoms with Crippen molar-refractivity contribution in [2.75, 3.05) is 6.61 Å². The Kier molecular flexibility index (Phi) is 7.07. The van der Waals surface area contributed by atoms with Gasteiger partial charge in [0.25, 0.3) is 0 Å². The Hall–Kier alpha value is -0.990. The first kappa shape index (κ1) is 12.0. The number of carbonyl (C=O) groups excluding carboxylic acids is 1. The van der Waals surface area contributed by atoms with Crippen LogP contribution in [-0.4, -0.2) is 18.7 Å². The molecule has 0 amide bonds. The van der Waals surface area contributed by atoms with Crippen LogP contribution in [0.2, 0.25) is 0 Å². The van der Waals surface area contributed by atoms with Crippen LogP contribution in [0.5, 0.6) is 0 Å². The van der Waals surface area contributed by atoms with Gasteiger partial charge in [-0.25, -0.2) is 4.79 Å². The van der Waals surface area contributed by atoms with Gasteiger partial charge in [-0.3, -0.25) is 0 Å². The van der Waals surface area contributed by atoms with Gasteiger partial charge >= 0.3 is 5.97 Å². The molecule has 13 heavy (non-hydrogen) atoms. The molecule has 0 heterocycles. The third-order valence-corrected chi connectivity index (χ3v) is 1.49. The van der Waals surface area contributed by atoms with Gasteiger partial charge in [-0.05, 0) is 20.3 Å². The number of unbranched alkanes of at least 4 members (excludes halogenated alkanes) is 1. The summed E-state index contributed by atoms with van der Waals surface area (Å²) in [6.07, 6.45) is 4.65. The van der Waals surface area contributed by atoms with Gasteiger partial charge in [-0.1, -0.05) is 19.4 Å². The topological polar surface area (TPSA) is 35.5 Å². The Morgan fingerprint density at radius 2 is 2.23 bits per heavy atom. The predicted octanol–water partition coefficient (Wildman–Crippen LogP) is 2.27. The van der Waals surface area contributed by atoms with Gasteiger partial charge in [-0.15, -0.1) is 0 Å². The second kappa shape index (κ2) is 7.65. The number of hydrogen-bond donors (Lipinski definition) is 0. The van der Waals surface area contributed by atoms with Crippen LogP contribution in [0.1, 0.15) is 33.6 Å². The molecule has 0 saturated heterocycles. The molecule has 0 aliphatic rings. The van der Waals surface area contributed by atoms with Crippen LogP contribution in [0, 0.1) is 0 Å². The van der Waals surface area contributed by atoms with Gasteiger partial charge in [0, 0.05) is 0 Å². The average Bonchev–Trinajstić information content (AvgIpc) is 2.14. The van der Waals surface area contributed by atoms with Crippen LogP contribution >= 0.6 is 0 Å². The summed E-state index contributed by atoms with van der Waals surface area (Å²) >= 11 is 0. The smallest absolute Gasteiger partial charge is 0.346 e. The summed E-state index contributed by atoms with van der Waals surface area (Å²) in [5.74, 6) is -0.299. The minimum atomic E-state index is -0.506. The number of carbonyl (C=O) groups is 1. The maximum absolute atomic E-state index is 11.1. The molecule has 0 radical (unpaired) electrons. The molecule has 76 valence electrons. The van der Waals surface area contributed by atoms with Gasteiger partial charge in [-0.2, -0.15) is 0 Å². The minimum Gasteiger partial charge on any atom is -0.487 e. The maximum Gasteiger partial charge on any atom is 0.346 e. The lowest BCUT2D eigenvalue weighted by Gasteiger charge is -2.10. The van der Waals surface area contributed by atoms with E-state index < -0.39 is 6.10 Å². The number of ether oxygens (including phenoxy) is 2. The Bertz CT molecular complexity index is 164. The van der Waals surface area contributed by atoms with E-state index in [0.29, 0.717) is 6.61 Å². The van der Waals surface area contributed by atoms with Gasteiger partial charge in [0.05, 0.1) is 12.9 Å². The monoisotopic (exact) mass is 186 g/mol. The standard InChI is InChI=1S/C10H18O3/c1-4-6-8-13-10(11)9(3)12-7-5-2/h5,7,9H,4,6,8H2,1-3H3. The van der Waals surface area contributed by atoms with Gasteiger partial charge < -0.3 is 9.47 Å². The molecular weight excluding hydrogens is 168 g/mol. The van der Waals surface area contributed by atoms with Gasteiger partial charge in [0.1, 0.15) is 0 Å². The summed E-state index contributed by atoms with van der Waals surface area (Å²) in [4.78, 5) is 11.1. The highest BCUT2D eigenvalue weighted by atomic mass is 16.6. The molecule has 0 N–H and O–H groups in total. The molecule has 0 aromatic carbocycles. The Labute approximate surface area is 79.7 Å². The molecule has 3 nitrogen and oxygen atoms in total. The highest BCUT2D eigenvalue weighted by Gasteiger charge is 2.13. The van der Waals surface area contributed by atoms with Crippen molar-refractivity contribution in [1.82, 2.24) is 0 Å². The Balaban J connectivity index is 3.56. The van der Waals surface area contributed by atoms with E-state index in [9.17, 15) is 4.79 Å². The summed E-state index contributed by atoms with van der Waals surface area (Å²) in [5, 5.41) is 0. The fourth-order valence-electron chi connectivity index (χ4n) is 0.686. The molecule has 0 aliphatic heterocycles. The van der Waals surface area contributed by atoms with E-state index in [2.05, 4.69) is 0 Å². The van der Waals surface area contributed by atoms with E-state index in [1.165, 1.54) is 6.26 Å². The molecule has 1 unspecified atom stereocenters. The zero-order valence-electron chi connectivity index (χ0n) is 8.58. The number of hydrogen-bond acceptors (Lipinski definition) is 3. The zero-order chi connectivity index (χ0) is 10.1. The van der Waals surface area contributed by atoms with Gasteiger partial charge in [0.15, 0.2) is 6.10 Å². The van der Waals surface area contributed by atoms with Crippen molar-refractivity contribution in [3.8, 4) is 0 Å². The van der Waals surface area contributed by atoms with Crippen LogP contribution in [0.3, 0.4) is 0 Å². The fourth-order valence-corrected chi connectivity index (χ4v) is 0.686. The van der Waals surface area contributed by atoms with Crippen molar-refractivity contribution in [2.24, 2.45) is 0 Å². The molecule has 3 heteroatoms. The SMILES string of the molecule is CC=COC(C)C(=O)OCCCC. The lowest BCUT2D eigenvalue weighted by atomic mass is 10.3. The first-order chi connectivity index (χ1) is 6.22. The molecule has 0 aliphatic carbocycles. The lowest BCUT2D eigenvalue weighted by molar-refractivity contribution is -0.152. The Morgan fingerprint density at radius 3 is 2.77 bits per heavy atom. The number of allylic oxidation sites excluding steroid dienone is 1. The molecule has 0 aromatic rings. The molecule has 1 atom stereocenters. The van der Waals surface area contributed by atoms with E-state index >= 15 is 0 Å².